The van der Waals surface area contributed by atoms with Crippen LogP contribution in [-0.2, 0) is 9.53 Å². The number of imide groups is 1. The maximum absolute atomic E-state index is 13.1. The van der Waals surface area contributed by atoms with Crippen LogP contribution in [-0.4, -0.2) is 42.3 Å². The van der Waals surface area contributed by atoms with E-state index in [1.165, 1.54) is 6.08 Å². The van der Waals surface area contributed by atoms with Crippen LogP contribution < -0.4 is 25.8 Å². The molecule has 10 nitrogen and oxygen atoms in total. The smallest absolute Gasteiger partial charge is 0.414 e. The third kappa shape index (κ3) is 9.97. The molecule has 0 heterocycles. The molecule has 45 heavy (non-hydrogen) atoms. The molecule has 0 bridgehead atoms. The predicted octanol–water partition coefficient (Wildman–Crippen LogP) is 5.67. The number of amides is 3. The number of alkyl carbamates (subject to hydrolysis) is 1. The Balaban J connectivity index is 1.58. The molecule has 4 aromatic rings. The Morgan fingerprint density at radius 1 is 0.844 bits per heavy atom. The molecule has 4 aromatic carbocycles. The number of benzene rings is 4. The van der Waals surface area contributed by atoms with E-state index in [1.807, 2.05) is 18.2 Å². The van der Waals surface area contributed by atoms with E-state index in [9.17, 15) is 19.5 Å². The number of hydrogen-bond acceptors (Lipinski definition) is 8. The van der Waals surface area contributed by atoms with Gasteiger partial charge in [-0.05, 0) is 61.4 Å². The fourth-order valence-corrected chi connectivity index (χ4v) is 4.42. The summed E-state index contributed by atoms with van der Waals surface area (Å²) in [6.45, 7) is -0.215. The van der Waals surface area contributed by atoms with Crippen LogP contribution in [0.1, 0.15) is 34.9 Å². The van der Waals surface area contributed by atoms with Crippen LogP contribution in [0.25, 0.3) is 0 Å². The van der Waals surface area contributed by atoms with Gasteiger partial charge in [-0.2, -0.15) is 0 Å². The van der Waals surface area contributed by atoms with E-state index in [1.54, 1.807) is 97.1 Å². The normalized spacial score (nSPS) is 12.1. The highest BCUT2D eigenvalue weighted by Gasteiger charge is 2.32. The molecule has 10 heteroatoms. The van der Waals surface area contributed by atoms with E-state index in [-0.39, 0.29) is 24.7 Å². The maximum atomic E-state index is 13.1. The molecular weight excluding hydrogens is 574 g/mol. The van der Waals surface area contributed by atoms with Crippen molar-refractivity contribution in [2.24, 2.45) is 0 Å². The van der Waals surface area contributed by atoms with Crippen LogP contribution >= 0.6 is 0 Å². The van der Waals surface area contributed by atoms with Gasteiger partial charge in [0, 0.05) is 11.1 Å². The molecule has 0 fully saturated rings. The summed E-state index contributed by atoms with van der Waals surface area (Å²) in [6.07, 6.45) is 0.898. The van der Waals surface area contributed by atoms with Crippen molar-refractivity contribution in [2.45, 2.75) is 25.0 Å². The van der Waals surface area contributed by atoms with E-state index in [4.69, 9.17) is 19.9 Å². The van der Waals surface area contributed by atoms with Crippen molar-refractivity contribution in [3.63, 3.8) is 0 Å². The number of anilines is 2. The van der Waals surface area contributed by atoms with Crippen LogP contribution in [0.4, 0.5) is 16.2 Å². The van der Waals surface area contributed by atoms with Gasteiger partial charge in [0.15, 0.2) is 6.10 Å². The zero-order chi connectivity index (χ0) is 31.9. The first-order valence-corrected chi connectivity index (χ1v) is 14.4. The summed E-state index contributed by atoms with van der Waals surface area (Å²) in [5, 5.41) is 14.4. The lowest BCUT2D eigenvalue weighted by molar-refractivity contribution is -0.111. The second-order valence-corrected chi connectivity index (χ2v) is 9.78. The zero-order valence-corrected chi connectivity index (χ0v) is 24.5. The number of nitrogen functional groups attached to an aromatic ring is 1. The maximum Gasteiger partial charge on any atom is 0.414 e. The van der Waals surface area contributed by atoms with Crippen molar-refractivity contribution >= 4 is 29.3 Å². The minimum absolute atomic E-state index is 0.0103. The molecule has 5 N–H and O–H groups in total. The highest BCUT2D eigenvalue weighted by molar-refractivity contribution is 6.03. The van der Waals surface area contributed by atoms with Gasteiger partial charge in [0.05, 0.1) is 18.0 Å². The Hall–Kier alpha value is -5.61. The average Bonchev–Trinajstić information content (AvgIpc) is 3.06. The summed E-state index contributed by atoms with van der Waals surface area (Å²) in [5.74, 6) is -0.0943. The number of aliphatic hydroxyl groups is 1. The van der Waals surface area contributed by atoms with Gasteiger partial charge in [0.1, 0.15) is 24.2 Å². The van der Waals surface area contributed by atoms with Crippen LogP contribution in [0.3, 0.4) is 0 Å². The molecule has 0 radical (unpaired) electrons. The number of para-hydroxylation sites is 4. The van der Waals surface area contributed by atoms with Gasteiger partial charge >= 0.3 is 6.09 Å². The first kappa shape index (κ1) is 32.3. The first-order valence-electron chi connectivity index (χ1n) is 14.4. The molecule has 0 aliphatic rings. The van der Waals surface area contributed by atoms with E-state index < -0.39 is 24.2 Å². The van der Waals surface area contributed by atoms with Gasteiger partial charge in [-0.25, -0.2) is 4.79 Å². The Labute approximate surface area is 261 Å². The third-order valence-corrected chi connectivity index (χ3v) is 6.53. The topological polar surface area (TPSA) is 149 Å². The summed E-state index contributed by atoms with van der Waals surface area (Å²) < 4.78 is 18.0. The van der Waals surface area contributed by atoms with Crippen molar-refractivity contribution in [1.29, 1.82) is 0 Å². The Kier molecular flexibility index (Phi) is 12.1. The second-order valence-electron chi connectivity index (χ2n) is 9.78. The van der Waals surface area contributed by atoms with Crippen molar-refractivity contribution in [3.8, 4) is 11.5 Å². The molecule has 2 atom stereocenters. The number of allylic oxidation sites excluding steroid dienone is 1. The Morgan fingerprint density at radius 2 is 1.51 bits per heavy atom. The van der Waals surface area contributed by atoms with Crippen LogP contribution in [0.15, 0.2) is 121 Å². The standard InChI is InChI=1S/C35H35N3O7/c36-28-18-8-9-19-29(28)37-32(40)22-12-11-21-31(44-26-15-5-2-6-16-26)33(27-17-7-10-20-30(27)43-24-23-39)45-35(42)38-34(41)25-13-3-1-4-14-25/h1-10,12-20,22,31,33,39H,11,21,23-24,36H2,(H,37,40)(H,38,41,42)/b22-12+/t31-,33-/m0/s1. The Morgan fingerprint density at radius 3 is 2.24 bits per heavy atom. The zero-order valence-electron chi connectivity index (χ0n) is 24.5. The van der Waals surface area contributed by atoms with E-state index in [2.05, 4.69) is 10.6 Å². The lowest BCUT2D eigenvalue weighted by Crippen LogP contribution is -2.36. The molecule has 232 valence electrons. The summed E-state index contributed by atoms with van der Waals surface area (Å²) in [5.41, 5.74) is 7.63. The number of nitrogens with one attached hydrogen (secondary N) is 2. The number of rotatable bonds is 14. The van der Waals surface area contributed by atoms with Gasteiger partial charge in [-0.3, -0.25) is 14.9 Å². The largest absolute Gasteiger partial charge is 0.491 e. The number of aliphatic hydroxyl groups excluding tert-OH is 1. The fourth-order valence-electron chi connectivity index (χ4n) is 4.42. The lowest BCUT2D eigenvalue weighted by Gasteiger charge is -2.29. The number of nitrogens with two attached hydrogens (primary N) is 1. The minimum atomic E-state index is -1.06. The molecule has 0 saturated carbocycles. The van der Waals surface area contributed by atoms with Crippen LogP contribution in [0.2, 0.25) is 0 Å². The third-order valence-electron chi connectivity index (χ3n) is 6.53. The van der Waals surface area contributed by atoms with Crippen molar-refractivity contribution in [1.82, 2.24) is 5.32 Å². The van der Waals surface area contributed by atoms with Crippen molar-refractivity contribution < 1.29 is 33.7 Å². The average molecular weight is 610 g/mol. The number of carbonyl (C=O) groups excluding carboxylic acids is 3. The molecule has 0 aromatic heterocycles. The molecule has 0 aliphatic heterocycles. The molecule has 0 saturated heterocycles. The van der Waals surface area contributed by atoms with Gasteiger partial charge in [-0.15, -0.1) is 0 Å². The Bertz CT molecular complexity index is 1580. The minimum Gasteiger partial charge on any atom is -0.491 e. The molecule has 0 unspecified atom stereocenters. The quantitative estimate of drug-likeness (QED) is 0.106. The lowest BCUT2D eigenvalue weighted by atomic mass is 9.99. The van der Waals surface area contributed by atoms with Gasteiger partial charge in [0.2, 0.25) is 5.91 Å². The van der Waals surface area contributed by atoms with Gasteiger partial charge < -0.3 is 30.4 Å². The molecule has 4 rings (SSSR count). The summed E-state index contributed by atoms with van der Waals surface area (Å²) in [7, 11) is 0. The number of ether oxygens (including phenoxy) is 3. The monoisotopic (exact) mass is 609 g/mol. The van der Waals surface area contributed by atoms with Crippen LogP contribution in [0.5, 0.6) is 11.5 Å². The summed E-state index contributed by atoms with van der Waals surface area (Å²) >= 11 is 0. The fraction of sp³-hybridized carbons (Fsp3) is 0.171. The highest BCUT2D eigenvalue weighted by Crippen LogP contribution is 2.34. The van der Waals surface area contributed by atoms with Gasteiger partial charge in [-0.1, -0.05) is 72.8 Å². The summed E-state index contributed by atoms with van der Waals surface area (Å²) in [4.78, 5) is 38.4. The van der Waals surface area contributed by atoms with Crippen LogP contribution in [0, 0.1) is 0 Å². The molecule has 0 spiro atoms. The first-order chi connectivity index (χ1) is 21.9. The predicted molar refractivity (Wildman–Crippen MR) is 171 cm³/mol. The second kappa shape index (κ2) is 16.9. The number of carbonyl (C=O) groups is 3. The van der Waals surface area contributed by atoms with Crippen molar-refractivity contribution in [3.05, 3.63) is 132 Å². The molecule has 0 aliphatic carbocycles. The molecule has 3 amide bonds. The highest BCUT2D eigenvalue weighted by atomic mass is 16.6. The van der Waals surface area contributed by atoms with Gasteiger partial charge in [0.25, 0.3) is 5.91 Å². The van der Waals surface area contributed by atoms with Crippen molar-refractivity contribution in [2.75, 3.05) is 24.3 Å². The molecular formula is C35H35N3O7. The van der Waals surface area contributed by atoms with E-state index in [0.717, 1.165) is 0 Å². The summed E-state index contributed by atoms with van der Waals surface area (Å²) in [6, 6.07) is 31.1. The van der Waals surface area contributed by atoms with E-state index in [0.29, 0.717) is 41.3 Å². The van der Waals surface area contributed by atoms with E-state index >= 15 is 0 Å². The number of hydrogen-bond donors (Lipinski definition) is 4. The SMILES string of the molecule is Nc1ccccc1NC(=O)/C=C/CC[C@H](Oc1ccccc1)[C@@H](OC(=O)NC(=O)c1ccccc1)c1ccccc1OCCO.